The van der Waals surface area contributed by atoms with Crippen LogP contribution in [0.15, 0.2) is 0 Å². The number of hydrogen-bond donors (Lipinski definition) is 0. The molecule has 10 heteroatoms. The molecule has 0 aliphatic heterocycles. The minimum absolute atomic E-state index is 0.226. The molecule has 0 rings (SSSR count). The number of hydrogen-bond acceptors (Lipinski definition) is 8. The molecule has 0 amide bonds. The molecule has 18 heavy (non-hydrogen) atoms. The van der Waals surface area contributed by atoms with Gasteiger partial charge in [0, 0.05) is 14.2 Å². The van der Waals surface area contributed by atoms with Gasteiger partial charge in [-0.25, -0.2) is 4.21 Å². The molecule has 0 spiro atoms. The van der Waals surface area contributed by atoms with E-state index in [9.17, 15) is 13.8 Å². The molecule has 0 N–H and O–H groups in total. The highest BCUT2D eigenvalue weighted by molar-refractivity contribution is 8.90. The largest absolute Gasteiger partial charge is 0.469 e. The van der Waals surface area contributed by atoms with Gasteiger partial charge in [-0.2, -0.15) is 0 Å². The van der Waals surface area contributed by atoms with Gasteiger partial charge in [0.2, 0.25) is 0 Å². The van der Waals surface area contributed by atoms with Crippen LogP contribution in [0, 0.1) is 0 Å². The maximum atomic E-state index is 11.8. The van der Waals surface area contributed by atoms with Gasteiger partial charge in [-0.15, -0.1) is 0 Å². The van der Waals surface area contributed by atoms with Crippen LogP contribution in [0.3, 0.4) is 0 Å². The zero-order valence-electron chi connectivity index (χ0n) is 10.4. The molecule has 0 saturated heterocycles. The fraction of sp³-hybridized carbons (Fsp3) is 0.750. The zero-order chi connectivity index (χ0) is 14.1. The molecule has 0 fully saturated rings. The van der Waals surface area contributed by atoms with Gasteiger partial charge in [0.1, 0.15) is 5.25 Å². The minimum atomic E-state index is -1.63. The second-order valence-corrected chi connectivity index (χ2v) is 9.18. The average Bonchev–Trinajstić information content (AvgIpc) is 2.38. The lowest BCUT2D eigenvalue weighted by molar-refractivity contribution is -0.146. The summed E-state index contributed by atoms with van der Waals surface area (Å²) in [5.74, 6) is -1.24. The Morgan fingerprint density at radius 2 is 1.72 bits per heavy atom. The Kier molecular flexibility index (Phi) is 9.57. The molecular formula is C8H15O7PS2. The first kappa shape index (κ1) is 17.8. The van der Waals surface area contributed by atoms with E-state index in [1.807, 2.05) is 0 Å². The lowest BCUT2D eigenvalue weighted by atomic mass is 10.3. The predicted octanol–water partition coefficient (Wildman–Crippen LogP) is 1.01. The Morgan fingerprint density at radius 3 is 2.11 bits per heavy atom. The van der Waals surface area contributed by atoms with Crippen molar-refractivity contribution in [3.8, 4) is 0 Å². The van der Waals surface area contributed by atoms with Crippen LogP contribution in [0.2, 0.25) is 0 Å². The van der Waals surface area contributed by atoms with E-state index in [2.05, 4.69) is 9.47 Å². The summed E-state index contributed by atoms with van der Waals surface area (Å²) in [7, 11) is 2.61. The molecule has 2 atom stereocenters. The molecule has 0 saturated carbocycles. The molecule has 0 aliphatic carbocycles. The van der Waals surface area contributed by atoms with Crippen LogP contribution in [-0.4, -0.2) is 49.8 Å². The number of esters is 2. The summed E-state index contributed by atoms with van der Waals surface area (Å²) in [5.41, 5.74) is 0. The van der Waals surface area contributed by atoms with E-state index in [-0.39, 0.29) is 6.42 Å². The van der Waals surface area contributed by atoms with Gasteiger partial charge in [-0.1, -0.05) is 0 Å². The van der Waals surface area contributed by atoms with Gasteiger partial charge in [-0.05, 0) is 10.8 Å². The second kappa shape index (κ2) is 9.69. The van der Waals surface area contributed by atoms with Crippen molar-refractivity contribution in [1.29, 1.82) is 0 Å². The second-order valence-electron chi connectivity index (χ2n) is 2.69. The number of ether oxygens (including phenoxy) is 2. The van der Waals surface area contributed by atoms with Crippen molar-refractivity contribution in [3.63, 3.8) is 0 Å². The highest BCUT2D eigenvalue weighted by Crippen LogP contribution is 2.47. The normalized spacial score (nSPS) is 14.1. The smallest absolute Gasteiger partial charge is 0.320 e. The quantitative estimate of drug-likeness (QED) is 0.372. The monoisotopic (exact) mass is 318 g/mol. The summed E-state index contributed by atoms with van der Waals surface area (Å²) in [6.45, 7) is 0. The first-order chi connectivity index (χ1) is 8.49. The van der Waals surface area contributed by atoms with Crippen molar-refractivity contribution in [2.75, 3.05) is 28.4 Å². The van der Waals surface area contributed by atoms with E-state index in [4.69, 9.17) is 9.05 Å². The summed E-state index contributed by atoms with van der Waals surface area (Å²) in [6, 6.07) is 0. The summed E-state index contributed by atoms with van der Waals surface area (Å²) in [4.78, 5) is 22.6. The third-order valence-electron chi connectivity index (χ3n) is 1.66. The van der Waals surface area contributed by atoms with E-state index in [1.54, 1.807) is 0 Å². The number of carbonyl (C=O) groups excluding carboxylic acids is 2. The van der Waals surface area contributed by atoms with Gasteiger partial charge in [0.15, 0.2) is 9.45 Å². The number of carbonyl (C=O) groups is 2. The van der Waals surface area contributed by atoms with Crippen molar-refractivity contribution < 1.29 is 32.3 Å². The zero-order valence-corrected chi connectivity index (χ0v) is 12.9. The molecule has 0 aromatic carbocycles. The third kappa shape index (κ3) is 6.10. The van der Waals surface area contributed by atoms with E-state index in [0.29, 0.717) is 0 Å². The summed E-state index contributed by atoms with van der Waals surface area (Å²) >= 11 is 0. The molecule has 0 heterocycles. The standard InChI is InChI=1S/C8H15O7PS2/c1-12-7(9)5-6(8(10)13-2)17-18(11)16(14-3)15-4/h6H,5H2,1-4H3. The van der Waals surface area contributed by atoms with Crippen LogP contribution in [0.5, 0.6) is 0 Å². The average molecular weight is 318 g/mol. The van der Waals surface area contributed by atoms with Crippen molar-refractivity contribution in [3.05, 3.63) is 0 Å². The van der Waals surface area contributed by atoms with E-state index in [0.717, 1.165) is 10.8 Å². The lowest BCUT2D eigenvalue weighted by Gasteiger charge is -2.15. The minimum Gasteiger partial charge on any atom is -0.469 e. The molecular weight excluding hydrogens is 303 g/mol. The predicted molar refractivity (Wildman–Crippen MR) is 69.1 cm³/mol. The fourth-order valence-corrected chi connectivity index (χ4v) is 6.53. The van der Waals surface area contributed by atoms with Crippen molar-refractivity contribution in [1.82, 2.24) is 0 Å². The highest BCUT2D eigenvalue weighted by Gasteiger charge is 2.30. The van der Waals surface area contributed by atoms with Gasteiger partial charge >= 0.3 is 11.9 Å². The van der Waals surface area contributed by atoms with Crippen molar-refractivity contribution >= 4 is 39.8 Å². The third-order valence-corrected chi connectivity index (χ3v) is 7.94. The van der Waals surface area contributed by atoms with Crippen LogP contribution in [0.4, 0.5) is 0 Å². The van der Waals surface area contributed by atoms with Crippen LogP contribution >= 0.6 is 18.4 Å². The molecule has 0 bridgehead atoms. The first-order valence-corrected chi connectivity index (χ1v) is 8.95. The molecule has 106 valence electrons. The Bertz CT molecular complexity index is 308. The van der Waals surface area contributed by atoms with Crippen LogP contribution in [-0.2, 0) is 37.6 Å². The van der Waals surface area contributed by atoms with Gasteiger partial charge in [0.25, 0.3) is 7.58 Å². The molecule has 0 radical (unpaired) electrons. The molecule has 0 aromatic heterocycles. The van der Waals surface area contributed by atoms with Gasteiger partial charge in [0.05, 0.1) is 20.6 Å². The highest BCUT2D eigenvalue weighted by atomic mass is 33.3. The molecule has 0 aromatic rings. The lowest BCUT2D eigenvalue weighted by Crippen LogP contribution is -2.23. The Balaban J connectivity index is 4.63. The Morgan fingerprint density at radius 1 is 1.17 bits per heavy atom. The molecule has 0 aliphatic rings. The topological polar surface area (TPSA) is 88.1 Å². The van der Waals surface area contributed by atoms with E-state index >= 15 is 0 Å². The SMILES string of the molecule is COC(=O)CC(SS(=O)P(OC)OC)C(=O)OC. The maximum Gasteiger partial charge on any atom is 0.320 e. The van der Waals surface area contributed by atoms with Crippen LogP contribution in [0.25, 0.3) is 0 Å². The summed E-state index contributed by atoms with van der Waals surface area (Å²) in [5, 5.41) is -0.918. The maximum absolute atomic E-state index is 11.8. The van der Waals surface area contributed by atoms with E-state index in [1.165, 1.54) is 28.4 Å². The fourth-order valence-electron chi connectivity index (χ4n) is 0.854. The first-order valence-electron chi connectivity index (χ1n) is 4.62. The number of rotatable bonds is 8. The van der Waals surface area contributed by atoms with Crippen LogP contribution in [0.1, 0.15) is 6.42 Å². The van der Waals surface area contributed by atoms with Gasteiger partial charge < -0.3 is 18.5 Å². The number of methoxy groups -OCH3 is 2. The summed E-state index contributed by atoms with van der Waals surface area (Å²) in [6.07, 6.45) is -0.226. The van der Waals surface area contributed by atoms with E-state index < -0.39 is 34.2 Å². The van der Waals surface area contributed by atoms with Crippen molar-refractivity contribution in [2.24, 2.45) is 0 Å². The Labute approximate surface area is 112 Å². The van der Waals surface area contributed by atoms with Crippen molar-refractivity contribution in [2.45, 2.75) is 11.7 Å². The summed E-state index contributed by atoms with van der Waals surface area (Å²) < 4.78 is 30.5. The molecule has 2 unspecified atom stereocenters. The van der Waals surface area contributed by atoms with Gasteiger partial charge in [-0.3, -0.25) is 9.59 Å². The Hall–Kier alpha value is -0.210. The van der Waals surface area contributed by atoms with Crippen LogP contribution < -0.4 is 0 Å². The molecule has 7 nitrogen and oxygen atoms in total.